The summed E-state index contributed by atoms with van der Waals surface area (Å²) in [6.45, 7) is 0. The van der Waals surface area contributed by atoms with E-state index in [1.54, 1.807) is 0 Å². The van der Waals surface area contributed by atoms with Gasteiger partial charge in [-0.15, -0.1) is 0 Å². The molecule has 0 aliphatic rings. The summed E-state index contributed by atoms with van der Waals surface area (Å²) in [4.78, 5) is 3.69. The maximum absolute atomic E-state index is 3.69. The Bertz CT molecular complexity index is 2070. The Balaban J connectivity index is 1.57. The number of aromatic nitrogens is 2. The van der Waals surface area contributed by atoms with Gasteiger partial charge < -0.3 is 9.55 Å². The molecule has 0 amide bonds. The lowest BCUT2D eigenvalue weighted by Crippen LogP contribution is -1.94. The van der Waals surface area contributed by atoms with Crippen molar-refractivity contribution < 1.29 is 0 Å². The highest BCUT2D eigenvalue weighted by Gasteiger charge is 2.17. The quantitative estimate of drug-likeness (QED) is 0.268. The first-order chi connectivity index (χ1) is 16.9. The number of hydrogen-bond acceptors (Lipinski definition) is 0. The zero-order valence-electron chi connectivity index (χ0n) is 18.4. The Hall–Kier alpha value is -4.56. The number of H-pyrrole nitrogens is 1. The van der Waals surface area contributed by atoms with Crippen molar-refractivity contribution in [3.8, 4) is 5.69 Å². The predicted molar refractivity (Wildman–Crippen MR) is 145 cm³/mol. The summed E-state index contributed by atoms with van der Waals surface area (Å²) < 4.78 is 2.44. The normalized spacial score (nSPS) is 12.1. The van der Waals surface area contributed by atoms with E-state index in [-0.39, 0.29) is 0 Å². The molecule has 8 rings (SSSR count). The average Bonchev–Trinajstić information content (AvgIpc) is 3.44. The number of nitrogens with one attached hydrogen (secondary N) is 1. The lowest BCUT2D eigenvalue weighted by molar-refractivity contribution is 1.19. The van der Waals surface area contributed by atoms with E-state index >= 15 is 0 Å². The van der Waals surface area contributed by atoms with E-state index < -0.39 is 0 Å². The fourth-order valence-electron chi connectivity index (χ4n) is 5.77. The Labute approximate surface area is 195 Å². The largest absolute Gasteiger partial charge is 0.354 e. The number of benzene rings is 6. The Morgan fingerprint density at radius 1 is 0.471 bits per heavy atom. The van der Waals surface area contributed by atoms with Crippen molar-refractivity contribution in [1.29, 1.82) is 0 Å². The molecule has 0 atom stereocenters. The Morgan fingerprint density at radius 2 is 1.12 bits per heavy atom. The zero-order valence-corrected chi connectivity index (χ0v) is 18.4. The monoisotopic (exact) mass is 432 g/mol. The molecular weight excluding hydrogens is 412 g/mol. The van der Waals surface area contributed by atoms with Crippen molar-refractivity contribution in [2.24, 2.45) is 0 Å². The third-order valence-electron chi connectivity index (χ3n) is 7.30. The maximum atomic E-state index is 3.69. The molecule has 2 aromatic heterocycles. The van der Waals surface area contributed by atoms with Crippen LogP contribution in [0.2, 0.25) is 0 Å². The van der Waals surface area contributed by atoms with Crippen LogP contribution in [0.1, 0.15) is 0 Å². The standard InChI is InChI=1S/C32H20N2/c1-2-8-21-19-22(14-13-20(21)7-1)34-30-12-6-4-10-24(30)27-17-16-26-28(32(27)34)18-15-25-23-9-3-5-11-29(23)33-31(25)26/h1-19,33H. The van der Waals surface area contributed by atoms with Crippen LogP contribution in [-0.4, -0.2) is 9.55 Å². The molecule has 0 saturated carbocycles. The van der Waals surface area contributed by atoms with Crippen LogP contribution in [0, 0.1) is 0 Å². The average molecular weight is 433 g/mol. The second kappa shape index (κ2) is 6.49. The van der Waals surface area contributed by atoms with Crippen LogP contribution >= 0.6 is 0 Å². The van der Waals surface area contributed by atoms with Gasteiger partial charge in [0.1, 0.15) is 0 Å². The minimum Gasteiger partial charge on any atom is -0.354 e. The Kier molecular flexibility index (Phi) is 3.42. The van der Waals surface area contributed by atoms with Crippen molar-refractivity contribution in [2.45, 2.75) is 0 Å². The fraction of sp³-hybridized carbons (Fsp3) is 0. The van der Waals surface area contributed by atoms with Gasteiger partial charge in [-0.25, -0.2) is 0 Å². The molecule has 6 aromatic carbocycles. The number of hydrogen-bond donors (Lipinski definition) is 1. The highest BCUT2D eigenvalue weighted by Crippen LogP contribution is 2.40. The molecule has 0 bridgehead atoms. The lowest BCUT2D eigenvalue weighted by Gasteiger charge is -2.11. The predicted octanol–water partition coefficient (Wildman–Crippen LogP) is 8.72. The molecule has 34 heavy (non-hydrogen) atoms. The van der Waals surface area contributed by atoms with Gasteiger partial charge in [0.2, 0.25) is 0 Å². The molecule has 0 fully saturated rings. The lowest BCUT2D eigenvalue weighted by atomic mass is 10.0. The van der Waals surface area contributed by atoms with E-state index in [1.807, 2.05) is 0 Å². The van der Waals surface area contributed by atoms with Crippen LogP contribution in [0.4, 0.5) is 0 Å². The molecule has 0 unspecified atom stereocenters. The number of rotatable bonds is 1. The number of fused-ring (bicyclic) bond motifs is 10. The van der Waals surface area contributed by atoms with Crippen LogP contribution in [0.15, 0.2) is 115 Å². The first kappa shape index (κ1) is 17.9. The molecule has 0 aliphatic carbocycles. The summed E-state index contributed by atoms with van der Waals surface area (Å²) in [6.07, 6.45) is 0. The first-order valence-corrected chi connectivity index (χ1v) is 11.7. The molecule has 2 heteroatoms. The van der Waals surface area contributed by atoms with E-state index in [0.29, 0.717) is 0 Å². The van der Waals surface area contributed by atoms with Gasteiger partial charge in [-0.2, -0.15) is 0 Å². The topological polar surface area (TPSA) is 20.7 Å². The van der Waals surface area contributed by atoms with E-state index in [2.05, 4.69) is 125 Å². The van der Waals surface area contributed by atoms with Crippen molar-refractivity contribution in [2.75, 3.05) is 0 Å². The minimum absolute atomic E-state index is 1.18. The van der Waals surface area contributed by atoms with Gasteiger partial charge in [-0.05, 0) is 35.0 Å². The third-order valence-corrected chi connectivity index (χ3v) is 7.30. The summed E-state index contributed by atoms with van der Waals surface area (Å²) in [7, 11) is 0. The zero-order chi connectivity index (χ0) is 22.2. The molecule has 0 spiro atoms. The Morgan fingerprint density at radius 3 is 2.00 bits per heavy atom. The number of para-hydroxylation sites is 2. The van der Waals surface area contributed by atoms with E-state index in [1.165, 1.54) is 70.8 Å². The van der Waals surface area contributed by atoms with Gasteiger partial charge in [0.25, 0.3) is 0 Å². The van der Waals surface area contributed by atoms with Crippen LogP contribution < -0.4 is 0 Å². The SMILES string of the molecule is c1ccc2cc(-n3c4ccccc4c4ccc5c(ccc6c7ccccc7[nH]c65)c43)ccc2c1. The van der Waals surface area contributed by atoms with E-state index in [4.69, 9.17) is 0 Å². The van der Waals surface area contributed by atoms with Crippen molar-refractivity contribution in [1.82, 2.24) is 9.55 Å². The molecule has 158 valence electrons. The third kappa shape index (κ3) is 2.29. The highest BCUT2D eigenvalue weighted by atomic mass is 15.0. The molecule has 2 heterocycles. The molecular formula is C32H20N2. The van der Waals surface area contributed by atoms with Crippen LogP contribution in [-0.2, 0) is 0 Å². The molecule has 2 nitrogen and oxygen atoms in total. The van der Waals surface area contributed by atoms with Crippen molar-refractivity contribution >= 4 is 65.2 Å². The van der Waals surface area contributed by atoms with Gasteiger partial charge in [0.05, 0.1) is 16.6 Å². The minimum atomic E-state index is 1.18. The van der Waals surface area contributed by atoms with E-state index in [9.17, 15) is 0 Å². The second-order valence-electron chi connectivity index (χ2n) is 9.10. The van der Waals surface area contributed by atoms with Gasteiger partial charge >= 0.3 is 0 Å². The summed E-state index contributed by atoms with van der Waals surface area (Å²) in [5.74, 6) is 0. The summed E-state index contributed by atoms with van der Waals surface area (Å²) in [5.41, 5.74) is 6.07. The first-order valence-electron chi connectivity index (χ1n) is 11.7. The highest BCUT2D eigenvalue weighted by molar-refractivity contribution is 6.25. The molecule has 8 aromatic rings. The number of nitrogens with zero attached hydrogens (tertiary/aromatic N) is 1. The smallest absolute Gasteiger partial charge is 0.0620 e. The van der Waals surface area contributed by atoms with E-state index in [0.717, 1.165) is 0 Å². The molecule has 0 aliphatic heterocycles. The van der Waals surface area contributed by atoms with Crippen LogP contribution in [0.3, 0.4) is 0 Å². The second-order valence-corrected chi connectivity index (χ2v) is 9.10. The van der Waals surface area contributed by atoms with Gasteiger partial charge in [-0.1, -0.05) is 91.0 Å². The van der Waals surface area contributed by atoms with Crippen molar-refractivity contribution in [3.63, 3.8) is 0 Å². The maximum Gasteiger partial charge on any atom is 0.0620 e. The van der Waals surface area contributed by atoms with Crippen LogP contribution in [0.5, 0.6) is 0 Å². The van der Waals surface area contributed by atoms with Gasteiger partial charge in [-0.3, -0.25) is 0 Å². The van der Waals surface area contributed by atoms with Gasteiger partial charge in [0, 0.05) is 43.5 Å². The van der Waals surface area contributed by atoms with Crippen molar-refractivity contribution in [3.05, 3.63) is 115 Å². The molecule has 0 radical (unpaired) electrons. The number of aromatic amines is 1. The fourth-order valence-corrected chi connectivity index (χ4v) is 5.77. The van der Waals surface area contributed by atoms with Gasteiger partial charge in [0.15, 0.2) is 0 Å². The summed E-state index contributed by atoms with van der Waals surface area (Å²) in [6, 6.07) is 41.8. The molecule has 1 N–H and O–H groups in total. The summed E-state index contributed by atoms with van der Waals surface area (Å²) in [5, 5.41) is 10.1. The summed E-state index contributed by atoms with van der Waals surface area (Å²) >= 11 is 0. The van der Waals surface area contributed by atoms with Crippen LogP contribution in [0.25, 0.3) is 70.8 Å². The molecule has 0 saturated heterocycles.